The standard InChI is InChI=1S/C14H17NO2/c16-14(17)13-8-10-15(11-13)9-4-7-12-5-2-1-3-6-12/h1-7,13H,8-11H2,(H,16,17)/b7-4+/t13-/m1/s1. The van der Waals surface area contributed by atoms with Gasteiger partial charge in [-0.25, -0.2) is 0 Å². The van der Waals surface area contributed by atoms with Gasteiger partial charge in [-0.2, -0.15) is 0 Å². The van der Waals surface area contributed by atoms with Crippen LogP contribution >= 0.6 is 0 Å². The monoisotopic (exact) mass is 231 g/mol. The van der Waals surface area contributed by atoms with Crippen LogP contribution in [0.5, 0.6) is 0 Å². The number of aliphatic carboxylic acids is 1. The van der Waals surface area contributed by atoms with Crippen molar-refractivity contribution in [1.29, 1.82) is 0 Å². The van der Waals surface area contributed by atoms with Crippen LogP contribution in [0.25, 0.3) is 6.08 Å². The van der Waals surface area contributed by atoms with Crippen molar-refractivity contribution < 1.29 is 9.90 Å². The van der Waals surface area contributed by atoms with Crippen molar-refractivity contribution in [3.05, 3.63) is 42.0 Å². The van der Waals surface area contributed by atoms with Crippen LogP contribution in [0.2, 0.25) is 0 Å². The van der Waals surface area contributed by atoms with Crippen molar-refractivity contribution >= 4 is 12.0 Å². The third-order valence-electron chi connectivity index (χ3n) is 3.10. The quantitative estimate of drug-likeness (QED) is 0.862. The molecule has 1 aromatic rings. The summed E-state index contributed by atoms with van der Waals surface area (Å²) >= 11 is 0. The molecule has 3 nitrogen and oxygen atoms in total. The third-order valence-corrected chi connectivity index (χ3v) is 3.10. The van der Waals surface area contributed by atoms with Crippen LogP contribution in [0.1, 0.15) is 12.0 Å². The van der Waals surface area contributed by atoms with E-state index in [4.69, 9.17) is 5.11 Å². The predicted octanol–water partition coefficient (Wildman–Crippen LogP) is 2.11. The first-order valence-electron chi connectivity index (χ1n) is 5.92. The molecule has 0 aliphatic carbocycles. The second-order valence-corrected chi connectivity index (χ2v) is 4.40. The summed E-state index contributed by atoms with van der Waals surface area (Å²) in [6, 6.07) is 10.1. The highest BCUT2D eigenvalue weighted by Crippen LogP contribution is 2.16. The fraction of sp³-hybridized carbons (Fsp3) is 0.357. The molecule has 1 heterocycles. The topological polar surface area (TPSA) is 40.5 Å². The van der Waals surface area contributed by atoms with Crippen molar-refractivity contribution in [2.45, 2.75) is 6.42 Å². The SMILES string of the molecule is O=C(O)[C@@H]1CCN(C/C=C/c2ccccc2)C1. The van der Waals surface area contributed by atoms with Gasteiger partial charge in [-0.05, 0) is 18.5 Å². The van der Waals surface area contributed by atoms with E-state index < -0.39 is 5.97 Å². The summed E-state index contributed by atoms with van der Waals surface area (Å²) in [4.78, 5) is 13.0. The Morgan fingerprint density at radius 3 is 2.82 bits per heavy atom. The summed E-state index contributed by atoms with van der Waals surface area (Å²) in [5, 5.41) is 8.89. The summed E-state index contributed by atoms with van der Waals surface area (Å²) in [5.41, 5.74) is 1.18. The molecule has 0 amide bonds. The van der Waals surface area contributed by atoms with E-state index in [0.717, 1.165) is 19.5 Å². The normalized spacial score (nSPS) is 21.1. The molecule has 2 rings (SSSR count). The highest BCUT2D eigenvalue weighted by Gasteiger charge is 2.26. The van der Waals surface area contributed by atoms with Gasteiger partial charge in [-0.3, -0.25) is 9.69 Å². The Hall–Kier alpha value is -1.61. The zero-order valence-electron chi connectivity index (χ0n) is 9.75. The van der Waals surface area contributed by atoms with E-state index >= 15 is 0 Å². The average molecular weight is 231 g/mol. The Kier molecular flexibility index (Phi) is 3.94. The Balaban J connectivity index is 1.80. The molecule has 17 heavy (non-hydrogen) atoms. The van der Waals surface area contributed by atoms with Crippen molar-refractivity contribution in [3.8, 4) is 0 Å². The van der Waals surface area contributed by atoms with E-state index in [1.807, 2.05) is 18.2 Å². The molecule has 0 unspecified atom stereocenters. The number of hydrogen-bond donors (Lipinski definition) is 1. The lowest BCUT2D eigenvalue weighted by Crippen LogP contribution is -2.23. The molecule has 3 heteroatoms. The minimum absolute atomic E-state index is 0.180. The van der Waals surface area contributed by atoms with Gasteiger partial charge in [0, 0.05) is 13.1 Å². The van der Waals surface area contributed by atoms with Gasteiger partial charge in [0.15, 0.2) is 0 Å². The molecule has 0 radical (unpaired) electrons. The lowest BCUT2D eigenvalue weighted by atomic mass is 10.1. The van der Waals surface area contributed by atoms with Crippen LogP contribution in [0, 0.1) is 5.92 Å². The van der Waals surface area contributed by atoms with Crippen LogP contribution in [0.15, 0.2) is 36.4 Å². The zero-order chi connectivity index (χ0) is 12.1. The maximum Gasteiger partial charge on any atom is 0.307 e. The maximum absolute atomic E-state index is 10.8. The van der Waals surface area contributed by atoms with Gasteiger partial charge in [-0.1, -0.05) is 42.5 Å². The van der Waals surface area contributed by atoms with E-state index in [1.165, 1.54) is 5.56 Å². The minimum atomic E-state index is -0.667. The Morgan fingerprint density at radius 2 is 2.18 bits per heavy atom. The number of nitrogens with zero attached hydrogens (tertiary/aromatic N) is 1. The average Bonchev–Trinajstić information content (AvgIpc) is 2.79. The highest BCUT2D eigenvalue weighted by molar-refractivity contribution is 5.70. The lowest BCUT2D eigenvalue weighted by molar-refractivity contribution is -0.141. The van der Waals surface area contributed by atoms with E-state index in [1.54, 1.807) is 0 Å². The molecule has 0 aromatic heterocycles. The van der Waals surface area contributed by atoms with Crippen molar-refractivity contribution in [1.82, 2.24) is 4.90 Å². The molecule has 1 aliphatic rings. The van der Waals surface area contributed by atoms with Crippen LogP contribution < -0.4 is 0 Å². The number of hydrogen-bond acceptors (Lipinski definition) is 2. The Bertz CT molecular complexity index is 400. The van der Waals surface area contributed by atoms with E-state index in [2.05, 4.69) is 29.2 Å². The van der Waals surface area contributed by atoms with Gasteiger partial charge in [-0.15, -0.1) is 0 Å². The molecule has 1 N–H and O–H groups in total. The van der Waals surface area contributed by atoms with Crippen LogP contribution in [0.4, 0.5) is 0 Å². The van der Waals surface area contributed by atoms with Crippen LogP contribution in [-0.2, 0) is 4.79 Å². The predicted molar refractivity (Wildman–Crippen MR) is 67.7 cm³/mol. The number of carboxylic acid groups (broad SMARTS) is 1. The Labute approximate surface area is 101 Å². The summed E-state index contributed by atoms with van der Waals surface area (Å²) < 4.78 is 0. The number of benzene rings is 1. The highest BCUT2D eigenvalue weighted by atomic mass is 16.4. The molecule has 0 bridgehead atoms. The van der Waals surface area contributed by atoms with Crippen molar-refractivity contribution in [2.75, 3.05) is 19.6 Å². The van der Waals surface area contributed by atoms with Gasteiger partial charge < -0.3 is 5.11 Å². The molecule has 0 spiro atoms. The number of carboxylic acids is 1. The van der Waals surface area contributed by atoms with Gasteiger partial charge in [0.2, 0.25) is 0 Å². The second-order valence-electron chi connectivity index (χ2n) is 4.40. The van der Waals surface area contributed by atoms with Crippen LogP contribution in [0.3, 0.4) is 0 Å². The zero-order valence-corrected chi connectivity index (χ0v) is 9.75. The van der Waals surface area contributed by atoms with Gasteiger partial charge in [0.05, 0.1) is 5.92 Å². The van der Waals surface area contributed by atoms with Crippen LogP contribution in [-0.4, -0.2) is 35.6 Å². The summed E-state index contributed by atoms with van der Waals surface area (Å²) in [5.74, 6) is -0.848. The van der Waals surface area contributed by atoms with Crippen molar-refractivity contribution in [2.24, 2.45) is 5.92 Å². The summed E-state index contributed by atoms with van der Waals surface area (Å²) in [6.07, 6.45) is 4.95. The van der Waals surface area contributed by atoms with E-state index in [0.29, 0.717) is 6.54 Å². The fourth-order valence-electron chi connectivity index (χ4n) is 2.10. The minimum Gasteiger partial charge on any atom is -0.481 e. The smallest absolute Gasteiger partial charge is 0.307 e. The molecule has 90 valence electrons. The molecular weight excluding hydrogens is 214 g/mol. The first kappa shape index (κ1) is 11.9. The first-order chi connectivity index (χ1) is 8.25. The maximum atomic E-state index is 10.8. The van der Waals surface area contributed by atoms with E-state index in [9.17, 15) is 4.79 Å². The summed E-state index contributed by atoms with van der Waals surface area (Å²) in [6.45, 7) is 2.39. The molecular formula is C14H17NO2. The summed E-state index contributed by atoms with van der Waals surface area (Å²) in [7, 11) is 0. The third kappa shape index (κ3) is 3.43. The molecule has 1 saturated heterocycles. The van der Waals surface area contributed by atoms with E-state index in [-0.39, 0.29) is 5.92 Å². The fourth-order valence-corrected chi connectivity index (χ4v) is 2.10. The van der Waals surface area contributed by atoms with Gasteiger partial charge >= 0.3 is 5.97 Å². The van der Waals surface area contributed by atoms with Gasteiger partial charge in [0.1, 0.15) is 0 Å². The Morgan fingerprint density at radius 1 is 1.41 bits per heavy atom. The number of carbonyl (C=O) groups is 1. The first-order valence-corrected chi connectivity index (χ1v) is 5.92. The van der Waals surface area contributed by atoms with Crippen molar-refractivity contribution in [3.63, 3.8) is 0 Å². The molecule has 1 atom stereocenters. The molecule has 1 aromatic carbocycles. The number of likely N-dealkylation sites (tertiary alicyclic amines) is 1. The number of rotatable bonds is 4. The molecule has 1 aliphatic heterocycles. The lowest BCUT2D eigenvalue weighted by Gasteiger charge is -2.11. The molecule has 1 fully saturated rings. The second kappa shape index (κ2) is 5.64. The largest absolute Gasteiger partial charge is 0.481 e. The molecule has 0 saturated carbocycles. The van der Waals surface area contributed by atoms with Gasteiger partial charge in [0.25, 0.3) is 0 Å².